The second kappa shape index (κ2) is 4.14. The molecular formula is C8H7ClN2O4. The van der Waals surface area contributed by atoms with Gasteiger partial charge >= 0.3 is 0 Å². The summed E-state index contributed by atoms with van der Waals surface area (Å²) in [5.74, 6) is 0.0742. The third-order valence-corrected chi connectivity index (χ3v) is 1.81. The lowest BCUT2D eigenvalue weighted by Crippen LogP contribution is -2.25. The van der Waals surface area contributed by atoms with E-state index in [1.54, 1.807) is 0 Å². The molecule has 15 heavy (non-hydrogen) atoms. The fourth-order valence-electron chi connectivity index (χ4n) is 1.18. The molecule has 0 bridgehead atoms. The van der Waals surface area contributed by atoms with E-state index >= 15 is 0 Å². The minimum Gasteiger partial charge on any atom is -0.481 e. The summed E-state index contributed by atoms with van der Waals surface area (Å²) in [4.78, 5) is 20.8. The first-order chi connectivity index (χ1) is 6.66. The Bertz CT molecular complexity index is 421. The number of nitro groups is 1. The lowest BCUT2D eigenvalue weighted by Gasteiger charge is -2.16. The topological polar surface area (TPSA) is 81.5 Å². The summed E-state index contributed by atoms with van der Waals surface area (Å²) in [7, 11) is 0. The van der Waals surface area contributed by atoms with Gasteiger partial charge in [-0.15, -0.1) is 12.4 Å². The van der Waals surface area contributed by atoms with Crippen LogP contribution in [-0.4, -0.2) is 17.4 Å². The van der Waals surface area contributed by atoms with Crippen LogP contribution in [0.5, 0.6) is 5.75 Å². The van der Waals surface area contributed by atoms with Gasteiger partial charge < -0.3 is 10.1 Å². The summed E-state index contributed by atoms with van der Waals surface area (Å²) >= 11 is 0. The molecular weight excluding hydrogens is 224 g/mol. The van der Waals surface area contributed by atoms with Crippen molar-refractivity contribution in [3.05, 3.63) is 28.3 Å². The van der Waals surface area contributed by atoms with Gasteiger partial charge in [-0.3, -0.25) is 14.9 Å². The number of hydrogen-bond acceptors (Lipinski definition) is 4. The Balaban J connectivity index is 0.00000112. The van der Waals surface area contributed by atoms with Crippen molar-refractivity contribution in [1.82, 2.24) is 0 Å². The molecule has 1 N–H and O–H groups in total. The summed E-state index contributed by atoms with van der Waals surface area (Å²) in [5.41, 5.74) is 0.409. The quantitative estimate of drug-likeness (QED) is 0.583. The smallest absolute Gasteiger partial charge is 0.273 e. The first-order valence-corrected chi connectivity index (χ1v) is 3.88. The van der Waals surface area contributed by atoms with Crippen LogP contribution in [-0.2, 0) is 4.79 Å². The third kappa shape index (κ3) is 2.16. The molecule has 0 atom stereocenters. The Morgan fingerprint density at radius 1 is 1.47 bits per heavy atom. The van der Waals surface area contributed by atoms with Gasteiger partial charge in [-0.2, -0.15) is 0 Å². The summed E-state index contributed by atoms with van der Waals surface area (Å²) in [6.07, 6.45) is 0. The van der Waals surface area contributed by atoms with Crippen LogP contribution in [0, 0.1) is 10.1 Å². The number of amides is 1. The standard InChI is InChI=1S/C8H6N2O4.ClH/c11-8-4-14-7-3-5(10(12)13)1-2-6(7)9-8;/h1-3H,4H2,(H,9,11);1H. The average molecular weight is 231 g/mol. The Morgan fingerprint density at radius 3 is 2.87 bits per heavy atom. The molecule has 2 rings (SSSR count). The highest BCUT2D eigenvalue weighted by molar-refractivity contribution is 5.95. The van der Waals surface area contributed by atoms with Crippen LogP contribution in [0.3, 0.4) is 0 Å². The highest BCUT2D eigenvalue weighted by atomic mass is 35.5. The molecule has 6 nitrogen and oxygen atoms in total. The molecule has 1 heterocycles. The van der Waals surface area contributed by atoms with Crippen molar-refractivity contribution >= 4 is 29.7 Å². The lowest BCUT2D eigenvalue weighted by molar-refractivity contribution is -0.384. The molecule has 0 aliphatic carbocycles. The predicted molar refractivity (Wildman–Crippen MR) is 54.5 cm³/mol. The van der Waals surface area contributed by atoms with Gasteiger partial charge in [0.1, 0.15) is 5.75 Å². The van der Waals surface area contributed by atoms with Gasteiger partial charge in [-0.1, -0.05) is 0 Å². The molecule has 7 heteroatoms. The molecule has 0 radical (unpaired) electrons. The molecule has 1 aromatic carbocycles. The molecule has 80 valence electrons. The zero-order chi connectivity index (χ0) is 10.1. The van der Waals surface area contributed by atoms with E-state index in [0.29, 0.717) is 11.4 Å². The van der Waals surface area contributed by atoms with E-state index in [1.807, 2.05) is 0 Å². The minimum absolute atomic E-state index is 0. The Kier molecular flexibility index (Phi) is 3.11. The predicted octanol–water partition coefficient (Wildman–Crippen LogP) is 1.35. The van der Waals surface area contributed by atoms with Crippen molar-refractivity contribution in [3.63, 3.8) is 0 Å². The largest absolute Gasteiger partial charge is 0.481 e. The monoisotopic (exact) mass is 230 g/mol. The average Bonchev–Trinajstić information content (AvgIpc) is 2.16. The zero-order valence-corrected chi connectivity index (χ0v) is 8.24. The van der Waals surface area contributed by atoms with E-state index in [2.05, 4.69) is 5.32 Å². The normalized spacial score (nSPS) is 12.9. The van der Waals surface area contributed by atoms with E-state index in [4.69, 9.17) is 4.74 Å². The van der Waals surface area contributed by atoms with Gasteiger partial charge in [0, 0.05) is 6.07 Å². The number of halogens is 1. The van der Waals surface area contributed by atoms with E-state index in [-0.39, 0.29) is 30.6 Å². The Labute approximate surface area is 90.8 Å². The first-order valence-electron chi connectivity index (χ1n) is 3.88. The van der Waals surface area contributed by atoms with E-state index in [9.17, 15) is 14.9 Å². The molecule has 0 unspecified atom stereocenters. The van der Waals surface area contributed by atoms with Crippen LogP contribution >= 0.6 is 12.4 Å². The highest BCUT2D eigenvalue weighted by Crippen LogP contribution is 2.31. The van der Waals surface area contributed by atoms with E-state index < -0.39 is 4.92 Å². The number of nitro benzene ring substituents is 1. The number of rotatable bonds is 1. The maximum atomic E-state index is 10.9. The third-order valence-electron chi connectivity index (χ3n) is 1.81. The summed E-state index contributed by atoms with van der Waals surface area (Å²) in [6, 6.07) is 4.05. The maximum absolute atomic E-state index is 10.9. The number of fused-ring (bicyclic) bond motifs is 1. The molecule has 0 fully saturated rings. The molecule has 1 amide bonds. The number of nitrogens with zero attached hydrogens (tertiary/aromatic N) is 1. The first kappa shape index (κ1) is 11.3. The summed E-state index contributed by atoms with van der Waals surface area (Å²) < 4.78 is 5.01. The van der Waals surface area contributed by atoms with Gasteiger partial charge in [-0.05, 0) is 6.07 Å². The number of benzene rings is 1. The number of nitrogens with one attached hydrogen (secondary N) is 1. The van der Waals surface area contributed by atoms with Gasteiger partial charge in [0.05, 0.1) is 16.7 Å². The van der Waals surface area contributed by atoms with E-state index in [0.717, 1.165) is 0 Å². The molecule has 0 saturated heterocycles. The number of carbonyl (C=O) groups excluding carboxylic acids is 1. The van der Waals surface area contributed by atoms with Crippen LogP contribution in [0.2, 0.25) is 0 Å². The SMILES string of the molecule is Cl.O=C1COc2cc([N+](=O)[O-])ccc2N1. The fraction of sp³-hybridized carbons (Fsp3) is 0.125. The second-order valence-corrected chi connectivity index (χ2v) is 2.77. The lowest BCUT2D eigenvalue weighted by atomic mass is 10.2. The highest BCUT2D eigenvalue weighted by Gasteiger charge is 2.18. The van der Waals surface area contributed by atoms with Crippen molar-refractivity contribution in [1.29, 1.82) is 0 Å². The van der Waals surface area contributed by atoms with Crippen molar-refractivity contribution in [3.8, 4) is 5.75 Å². The minimum atomic E-state index is -0.514. The van der Waals surface area contributed by atoms with Crippen LogP contribution in [0.1, 0.15) is 0 Å². The van der Waals surface area contributed by atoms with Gasteiger partial charge in [0.15, 0.2) is 6.61 Å². The molecule has 1 aliphatic rings. The molecule has 0 aromatic heterocycles. The summed E-state index contributed by atoms with van der Waals surface area (Å²) in [5, 5.41) is 13.0. The number of ether oxygens (including phenoxy) is 1. The molecule has 0 saturated carbocycles. The van der Waals surface area contributed by atoms with Gasteiger partial charge in [0.25, 0.3) is 11.6 Å². The van der Waals surface area contributed by atoms with Gasteiger partial charge in [0.2, 0.25) is 0 Å². The zero-order valence-electron chi connectivity index (χ0n) is 7.43. The second-order valence-electron chi connectivity index (χ2n) is 2.77. The van der Waals surface area contributed by atoms with Gasteiger partial charge in [-0.25, -0.2) is 0 Å². The Morgan fingerprint density at radius 2 is 2.20 bits per heavy atom. The maximum Gasteiger partial charge on any atom is 0.273 e. The fourth-order valence-corrected chi connectivity index (χ4v) is 1.18. The molecule has 1 aliphatic heterocycles. The van der Waals surface area contributed by atoms with Crippen LogP contribution in [0.25, 0.3) is 0 Å². The number of anilines is 1. The number of hydrogen-bond donors (Lipinski definition) is 1. The number of carbonyl (C=O) groups is 1. The molecule has 0 spiro atoms. The van der Waals surface area contributed by atoms with E-state index in [1.165, 1.54) is 18.2 Å². The van der Waals surface area contributed by atoms with Crippen LogP contribution in [0.15, 0.2) is 18.2 Å². The Hall–Kier alpha value is -1.82. The van der Waals surface area contributed by atoms with Crippen molar-refractivity contribution in [2.45, 2.75) is 0 Å². The van der Waals surface area contributed by atoms with Crippen LogP contribution < -0.4 is 10.1 Å². The summed E-state index contributed by atoms with van der Waals surface area (Å²) in [6.45, 7) is -0.103. The van der Waals surface area contributed by atoms with Crippen molar-refractivity contribution < 1.29 is 14.5 Å². The van der Waals surface area contributed by atoms with Crippen LogP contribution in [0.4, 0.5) is 11.4 Å². The van der Waals surface area contributed by atoms with Crippen molar-refractivity contribution in [2.75, 3.05) is 11.9 Å². The number of non-ortho nitro benzene ring substituents is 1. The molecule has 1 aromatic rings. The van der Waals surface area contributed by atoms with Crippen molar-refractivity contribution in [2.24, 2.45) is 0 Å².